The van der Waals surface area contributed by atoms with Crippen LogP contribution in [0.25, 0.3) is 22.0 Å². The number of nitrogens with zero attached hydrogens (tertiary/aromatic N) is 2. The van der Waals surface area contributed by atoms with Gasteiger partial charge in [-0.25, -0.2) is 17.2 Å². The molecule has 1 N–H and O–H groups in total. The molecule has 2 heterocycles. The van der Waals surface area contributed by atoms with Crippen molar-refractivity contribution in [2.45, 2.75) is 4.90 Å². The maximum atomic E-state index is 13.1. The highest BCUT2D eigenvalue weighted by atomic mass is 32.2. The molecule has 146 valence electrons. The number of rotatable bonds is 5. The van der Waals surface area contributed by atoms with Gasteiger partial charge in [0.1, 0.15) is 10.6 Å². The number of carboxylic acids is 1. The minimum absolute atomic E-state index is 0.0244. The largest absolute Gasteiger partial charge is 0.497 e. The molecule has 2 aromatic heterocycles. The van der Waals surface area contributed by atoms with E-state index >= 15 is 0 Å². The van der Waals surface area contributed by atoms with E-state index in [0.717, 1.165) is 21.3 Å². The van der Waals surface area contributed by atoms with Gasteiger partial charge in [-0.15, -0.1) is 0 Å². The Morgan fingerprint density at radius 3 is 2.41 bits per heavy atom. The molecule has 0 aliphatic rings. The molecule has 0 saturated heterocycles. The fraction of sp³-hybridized carbons (Fsp3) is 0.0476. The Morgan fingerprint density at radius 2 is 1.79 bits per heavy atom. The quantitative estimate of drug-likeness (QED) is 0.541. The van der Waals surface area contributed by atoms with Crippen LogP contribution in [0.4, 0.5) is 0 Å². The number of carbonyl (C=O) groups is 1. The summed E-state index contributed by atoms with van der Waals surface area (Å²) in [4.78, 5) is 15.5. The Balaban J connectivity index is 1.95. The van der Waals surface area contributed by atoms with E-state index in [1.165, 1.54) is 24.5 Å². The molecule has 4 rings (SSSR count). The fourth-order valence-corrected chi connectivity index (χ4v) is 4.47. The standard InChI is InChI=1S/C21H16N2O5S/c1-28-16-7-4-14(5-8-16)15-6-9-18-19(21(24)25)13-23(20(18)11-15)29(26,27)17-3-2-10-22-12-17/h2-13H,1H3,(H,24,25). The summed E-state index contributed by atoms with van der Waals surface area (Å²) < 4.78 is 32.4. The maximum Gasteiger partial charge on any atom is 0.337 e. The average molecular weight is 408 g/mol. The van der Waals surface area contributed by atoms with Gasteiger partial charge in [0, 0.05) is 24.0 Å². The lowest BCUT2D eigenvalue weighted by Gasteiger charge is -2.09. The zero-order valence-electron chi connectivity index (χ0n) is 15.3. The second-order valence-electron chi connectivity index (χ2n) is 6.30. The van der Waals surface area contributed by atoms with Gasteiger partial charge in [0.05, 0.1) is 18.2 Å². The van der Waals surface area contributed by atoms with Crippen LogP contribution in [0.1, 0.15) is 10.4 Å². The van der Waals surface area contributed by atoms with Gasteiger partial charge in [0.25, 0.3) is 10.0 Å². The second-order valence-corrected chi connectivity index (χ2v) is 8.11. The number of methoxy groups -OCH3 is 1. The predicted molar refractivity (Wildman–Crippen MR) is 108 cm³/mol. The lowest BCUT2D eigenvalue weighted by Crippen LogP contribution is -2.12. The average Bonchev–Trinajstić information content (AvgIpc) is 3.14. The van der Waals surface area contributed by atoms with Gasteiger partial charge in [-0.3, -0.25) is 4.98 Å². The molecule has 4 aromatic rings. The molecular formula is C21H16N2O5S. The van der Waals surface area contributed by atoms with E-state index in [4.69, 9.17) is 4.74 Å². The van der Waals surface area contributed by atoms with Crippen LogP contribution in [0.5, 0.6) is 5.75 Å². The number of aromatic nitrogens is 2. The zero-order chi connectivity index (χ0) is 20.6. The van der Waals surface area contributed by atoms with Crippen molar-refractivity contribution in [1.29, 1.82) is 0 Å². The molecule has 0 fully saturated rings. The summed E-state index contributed by atoms with van der Waals surface area (Å²) in [6.07, 6.45) is 3.83. The first kappa shape index (κ1) is 18.7. The van der Waals surface area contributed by atoms with Gasteiger partial charge in [-0.05, 0) is 41.5 Å². The topological polar surface area (TPSA) is 98.5 Å². The number of carboxylic acid groups (broad SMARTS) is 1. The summed E-state index contributed by atoms with van der Waals surface area (Å²) in [5.41, 5.74) is 1.78. The molecule has 2 aromatic carbocycles. The third-order valence-electron chi connectivity index (χ3n) is 4.62. The number of fused-ring (bicyclic) bond motifs is 1. The van der Waals surface area contributed by atoms with Crippen molar-refractivity contribution in [3.8, 4) is 16.9 Å². The smallest absolute Gasteiger partial charge is 0.337 e. The van der Waals surface area contributed by atoms with Gasteiger partial charge in [-0.2, -0.15) is 0 Å². The van der Waals surface area contributed by atoms with Crippen molar-refractivity contribution in [3.05, 3.63) is 78.8 Å². The molecule has 0 radical (unpaired) electrons. The van der Waals surface area contributed by atoms with E-state index in [-0.39, 0.29) is 16.0 Å². The van der Waals surface area contributed by atoms with Crippen LogP contribution in [0.2, 0.25) is 0 Å². The van der Waals surface area contributed by atoms with Gasteiger partial charge in [0.15, 0.2) is 0 Å². The van der Waals surface area contributed by atoms with Crippen LogP contribution in [0, 0.1) is 0 Å². The number of benzene rings is 2. The molecule has 7 nitrogen and oxygen atoms in total. The van der Waals surface area contributed by atoms with Crippen LogP contribution < -0.4 is 4.74 Å². The van der Waals surface area contributed by atoms with Gasteiger partial charge in [0.2, 0.25) is 0 Å². The Morgan fingerprint density at radius 1 is 1.07 bits per heavy atom. The Labute approximate surface area is 166 Å². The lowest BCUT2D eigenvalue weighted by atomic mass is 10.0. The molecule has 0 bridgehead atoms. The zero-order valence-corrected chi connectivity index (χ0v) is 16.1. The van der Waals surface area contributed by atoms with Gasteiger partial charge >= 0.3 is 5.97 Å². The van der Waals surface area contributed by atoms with Crippen molar-refractivity contribution >= 4 is 26.9 Å². The number of hydrogen-bond donors (Lipinski definition) is 1. The first-order valence-electron chi connectivity index (χ1n) is 8.60. The summed E-state index contributed by atoms with van der Waals surface area (Å²) in [5, 5.41) is 9.88. The van der Waals surface area contributed by atoms with E-state index in [0.29, 0.717) is 11.1 Å². The Kier molecular flexibility index (Phi) is 4.56. The number of pyridine rings is 1. The molecule has 0 atom stereocenters. The monoisotopic (exact) mass is 408 g/mol. The third kappa shape index (κ3) is 3.23. The number of aromatic carboxylic acids is 1. The molecule has 29 heavy (non-hydrogen) atoms. The molecular weight excluding hydrogens is 392 g/mol. The van der Waals surface area contributed by atoms with E-state index in [9.17, 15) is 18.3 Å². The Bertz CT molecular complexity index is 1310. The van der Waals surface area contributed by atoms with E-state index in [1.54, 1.807) is 37.4 Å². The first-order chi connectivity index (χ1) is 13.9. The third-order valence-corrected chi connectivity index (χ3v) is 6.27. The summed E-state index contributed by atoms with van der Waals surface area (Å²) >= 11 is 0. The van der Waals surface area contributed by atoms with Crippen LogP contribution in [0.15, 0.2) is 78.1 Å². The van der Waals surface area contributed by atoms with E-state index in [1.807, 2.05) is 12.1 Å². The molecule has 0 aliphatic heterocycles. The second kappa shape index (κ2) is 7.06. The molecule has 8 heteroatoms. The van der Waals surface area contributed by atoms with Crippen molar-refractivity contribution in [2.75, 3.05) is 7.11 Å². The summed E-state index contributed by atoms with van der Waals surface area (Å²) in [6, 6.07) is 15.3. The van der Waals surface area contributed by atoms with Crippen molar-refractivity contribution in [3.63, 3.8) is 0 Å². The normalized spacial score (nSPS) is 11.5. The highest BCUT2D eigenvalue weighted by Gasteiger charge is 2.24. The first-order valence-corrected chi connectivity index (χ1v) is 10.0. The Hall–Kier alpha value is -3.65. The molecule has 0 amide bonds. The van der Waals surface area contributed by atoms with Gasteiger partial charge < -0.3 is 9.84 Å². The summed E-state index contributed by atoms with van der Waals surface area (Å²) in [7, 11) is -2.44. The van der Waals surface area contributed by atoms with E-state index in [2.05, 4.69) is 4.98 Å². The summed E-state index contributed by atoms with van der Waals surface area (Å²) in [5.74, 6) is -0.502. The SMILES string of the molecule is COc1ccc(-c2ccc3c(C(=O)O)cn(S(=O)(=O)c4cccnc4)c3c2)cc1. The van der Waals surface area contributed by atoms with Crippen molar-refractivity contribution in [2.24, 2.45) is 0 Å². The fourth-order valence-electron chi connectivity index (χ4n) is 3.14. The predicted octanol–water partition coefficient (Wildman–Crippen LogP) is 3.65. The minimum Gasteiger partial charge on any atom is -0.497 e. The van der Waals surface area contributed by atoms with Crippen LogP contribution in [-0.2, 0) is 10.0 Å². The number of ether oxygens (including phenoxy) is 1. The highest BCUT2D eigenvalue weighted by molar-refractivity contribution is 7.90. The molecule has 0 spiro atoms. The maximum absolute atomic E-state index is 13.1. The van der Waals surface area contributed by atoms with E-state index < -0.39 is 16.0 Å². The van der Waals surface area contributed by atoms with Crippen LogP contribution in [-0.4, -0.2) is 35.6 Å². The number of hydrogen-bond acceptors (Lipinski definition) is 5. The van der Waals surface area contributed by atoms with Crippen LogP contribution in [0.3, 0.4) is 0 Å². The minimum atomic E-state index is -4.02. The van der Waals surface area contributed by atoms with Crippen LogP contribution >= 0.6 is 0 Å². The highest BCUT2D eigenvalue weighted by Crippen LogP contribution is 2.31. The van der Waals surface area contributed by atoms with Crippen molar-refractivity contribution < 1.29 is 23.1 Å². The van der Waals surface area contributed by atoms with Crippen molar-refractivity contribution in [1.82, 2.24) is 8.96 Å². The lowest BCUT2D eigenvalue weighted by molar-refractivity contribution is 0.0699. The van der Waals surface area contributed by atoms with Gasteiger partial charge in [-0.1, -0.05) is 24.3 Å². The summed E-state index contributed by atoms with van der Waals surface area (Å²) in [6.45, 7) is 0. The molecule has 0 aliphatic carbocycles. The molecule has 0 saturated carbocycles. The molecule has 0 unspecified atom stereocenters.